The molecular formula is C22H23N3O5. The molecule has 30 heavy (non-hydrogen) atoms. The predicted octanol–water partition coefficient (Wildman–Crippen LogP) is 2.81. The van der Waals surface area contributed by atoms with Crippen LogP contribution in [-0.4, -0.2) is 36.8 Å². The van der Waals surface area contributed by atoms with E-state index >= 15 is 0 Å². The van der Waals surface area contributed by atoms with Crippen LogP contribution in [0.1, 0.15) is 30.6 Å². The number of anilines is 3. The van der Waals surface area contributed by atoms with Crippen molar-refractivity contribution < 1.29 is 23.9 Å². The fraction of sp³-hybridized carbons (Fsp3) is 0.273. The van der Waals surface area contributed by atoms with Crippen molar-refractivity contribution in [1.29, 1.82) is 0 Å². The number of ether oxygens (including phenoxy) is 1. The van der Waals surface area contributed by atoms with Gasteiger partial charge in [0.25, 0.3) is 0 Å². The van der Waals surface area contributed by atoms with Crippen LogP contribution in [0.15, 0.2) is 48.5 Å². The summed E-state index contributed by atoms with van der Waals surface area (Å²) in [5.74, 6) is -1.48. The van der Waals surface area contributed by atoms with E-state index < -0.39 is 11.9 Å². The van der Waals surface area contributed by atoms with Gasteiger partial charge in [-0.3, -0.25) is 14.4 Å². The molecule has 0 aliphatic carbocycles. The lowest BCUT2D eigenvalue weighted by molar-refractivity contribution is -0.122. The molecule has 0 bridgehead atoms. The predicted molar refractivity (Wildman–Crippen MR) is 112 cm³/mol. The Hall–Kier alpha value is -3.68. The second-order valence-electron chi connectivity index (χ2n) is 6.92. The van der Waals surface area contributed by atoms with Crippen molar-refractivity contribution in [2.24, 2.45) is 5.92 Å². The topological polar surface area (TPSA) is 105 Å². The van der Waals surface area contributed by atoms with Crippen molar-refractivity contribution >= 4 is 40.8 Å². The zero-order chi connectivity index (χ0) is 21.7. The molecule has 2 N–H and O–H groups in total. The number of rotatable bonds is 6. The molecule has 3 amide bonds. The fourth-order valence-electron chi connectivity index (χ4n) is 3.21. The van der Waals surface area contributed by atoms with E-state index in [0.29, 0.717) is 29.2 Å². The molecule has 1 unspecified atom stereocenters. The third-order valence-corrected chi connectivity index (χ3v) is 4.66. The molecule has 3 rings (SSSR count). The van der Waals surface area contributed by atoms with E-state index in [4.69, 9.17) is 4.74 Å². The van der Waals surface area contributed by atoms with Crippen LogP contribution in [0.5, 0.6) is 0 Å². The Labute approximate surface area is 174 Å². The number of hydrogen-bond donors (Lipinski definition) is 2. The molecule has 1 aliphatic rings. The van der Waals surface area contributed by atoms with Gasteiger partial charge in [-0.2, -0.15) is 0 Å². The number of carbonyl (C=O) groups is 4. The maximum Gasteiger partial charge on any atom is 0.338 e. The first-order chi connectivity index (χ1) is 14.4. The number of nitrogens with zero attached hydrogens (tertiary/aromatic N) is 1. The summed E-state index contributed by atoms with van der Waals surface area (Å²) in [5.41, 5.74) is 2.25. The lowest BCUT2D eigenvalue weighted by atomic mass is 10.1. The number of nitrogens with one attached hydrogen (secondary N) is 2. The minimum absolute atomic E-state index is 0.111. The van der Waals surface area contributed by atoms with E-state index in [1.807, 2.05) is 0 Å². The highest BCUT2D eigenvalue weighted by atomic mass is 16.5. The molecule has 1 fully saturated rings. The average Bonchev–Trinajstić information content (AvgIpc) is 3.11. The quantitative estimate of drug-likeness (QED) is 0.714. The van der Waals surface area contributed by atoms with Gasteiger partial charge in [-0.25, -0.2) is 4.79 Å². The van der Waals surface area contributed by atoms with Gasteiger partial charge >= 0.3 is 5.97 Å². The van der Waals surface area contributed by atoms with E-state index in [0.717, 1.165) is 0 Å². The number of amides is 3. The van der Waals surface area contributed by atoms with Gasteiger partial charge in [0, 0.05) is 37.0 Å². The maximum absolute atomic E-state index is 12.6. The van der Waals surface area contributed by atoms with Crippen molar-refractivity contribution in [3.05, 3.63) is 54.1 Å². The van der Waals surface area contributed by atoms with Crippen LogP contribution in [-0.2, 0) is 19.1 Å². The summed E-state index contributed by atoms with van der Waals surface area (Å²) in [6.07, 6.45) is 0.111. The molecule has 1 aliphatic heterocycles. The summed E-state index contributed by atoms with van der Waals surface area (Å²) in [7, 11) is 0. The van der Waals surface area contributed by atoms with Crippen LogP contribution in [0.2, 0.25) is 0 Å². The molecule has 1 heterocycles. The Balaban J connectivity index is 1.61. The number of hydrogen-bond acceptors (Lipinski definition) is 5. The van der Waals surface area contributed by atoms with Gasteiger partial charge < -0.3 is 20.3 Å². The van der Waals surface area contributed by atoms with E-state index in [1.54, 1.807) is 60.4 Å². The Morgan fingerprint density at radius 1 is 1.00 bits per heavy atom. The highest BCUT2D eigenvalue weighted by Gasteiger charge is 2.35. The summed E-state index contributed by atoms with van der Waals surface area (Å²) < 4.78 is 4.93. The maximum atomic E-state index is 12.6. The Bertz CT molecular complexity index is 954. The lowest BCUT2D eigenvalue weighted by Gasteiger charge is -2.17. The van der Waals surface area contributed by atoms with Crippen molar-refractivity contribution in [3.63, 3.8) is 0 Å². The van der Waals surface area contributed by atoms with Gasteiger partial charge in [0.15, 0.2) is 0 Å². The minimum atomic E-state index is -0.489. The molecular weight excluding hydrogens is 386 g/mol. The Kier molecular flexibility index (Phi) is 6.46. The van der Waals surface area contributed by atoms with Gasteiger partial charge in [-0.15, -0.1) is 0 Å². The molecule has 2 aromatic carbocycles. The SMILES string of the molecule is CCOC(=O)c1ccc(NC(=O)C2CC(=O)N(c3ccc(NC(C)=O)cc3)C2)cc1. The summed E-state index contributed by atoms with van der Waals surface area (Å²) >= 11 is 0. The first kappa shape index (κ1) is 21.0. The zero-order valence-electron chi connectivity index (χ0n) is 16.8. The summed E-state index contributed by atoms with van der Waals surface area (Å²) in [6.45, 7) is 3.71. The van der Waals surface area contributed by atoms with Crippen LogP contribution in [0, 0.1) is 5.92 Å². The molecule has 8 heteroatoms. The van der Waals surface area contributed by atoms with Gasteiger partial charge in [-0.05, 0) is 55.5 Å². The molecule has 8 nitrogen and oxygen atoms in total. The third kappa shape index (κ3) is 5.02. The summed E-state index contributed by atoms with van der Waals surface area (Å²) in [6, 6.07) is 13.3. The highest BCUT2D eigenvalue weighted by Crippen LogP contribution is 2.27. The summed E-state index contributed by atoms with van der Waals surface area (Å²) in [4.78, 5) is 49.4. The van der Waals surface area contributed by atoms with Crippen LogP contribution >= 0.6 is 0 Å². The Morgan fingerprint density at radius 3 is 2.20 bits per heavy atom. The minimum Gasteiger partial charge on any atom is -0.462 e. The van der Waals surface area contributed by atoms with Crippen molar-refractivity contribution in [2.75, 3.05) is 28.7 Å². The standard InChI is InChI=1S/C22H23N3O5/c1-3-30-22(29)15-4-6-18(7-5-15)24-21(28)16-12-20(27)25(13-16)19-10-8-17(9-11-19)23-14(2)26/h4-11,16H,3,12-13H2,1-2H3,(H,23,26)(H,24,28). The van der Waals surface area contributed by atoms with Gasteiger partial charge in [0.2, 0.25) is 17.7 Å². The summed E-state index contributed by atoms with van der Waals surface area (Å²) in [5, 5.41) is 5.46. The third-order valence-electron chi connectivity index (χ3n) is 4.66. The molecule has 0 spiro atoms. The van der Waals surface area contributed by atoms with E-state index in [9.17, 15) is 19.2 Å². The number of benzene rings is 2. The van der Waals surface area contributed by atoms with Crippen molar-refractivity contribution in [2.45, 2.75) is 20.3 Å². The van der Waals surface area contributed by atoms with Gasteiger partial charge in [0.1, 0.15) is 0 Å². The average molecular weight is 409 g/mol. The molecule has 2 aromatic rings. The molecule has 0 aromatic heterocycles. The van der Waals surface area contributed by atoms with Gasteiger partial charge in [0.05, 0.1) is 18.1 Å². The smallest absolute Gasteiger partial charge is 0.338 e. The first-order valence-electron chi connectivity index (χ1n) is 9.63. The largest absolute Gasteiger partial charge is 0.462 e. The fourth-order valence-corrected chi connectivity index (χ4v) is 3.21. The van der Waals surface area contributed by atoms with Crippen LogP contribution in [0.4, 0.5) is 17.1 Å². The van der Waals surface area contributed by atoms with Crippen LogP contribution in [0.25, 0.3) is 0 Å². The lowest BCUT2D eigenvalue weighted by Crippen LogP contribution is -2.28. The van der Waals surface area contributed by atoms with Crippen LogP contribution in [0.3, 0.4) is 0 Å². The molecule has 0 saturated carbocycles. The van der Waals surface area contributed by atoms with E-state index in [2.05, 4.69) is 10.6 Å². The van der Waals surface area contributed by atoms with Crippen molar-refractivity contribution in [1.82, 2.24) is 0 Å². The molecule has 0 radical (unpaired) electrons. The normalized spacial score (nSPS) is 15.6. The Morgan fingerprint density at radius 2 is 1.60 bits per heavy atom. The highest BCUT2D eigenvalue weighted by molar-refractivity contribution is 6.03. The zero-order valence-corrected chi connectivity index (χ0v) is 16.8. The molecule has 156 valence electrons. The first-order valence-corrected chi connectivity index (χ1v) is 9.63. The molecule has 1 saturated heterocycles. The van der Waals surface area contributed by atoms with Gasteiger partial charge in [-0.1, -0.05) is 0 Å². The number of esters is 1. The molecule has 1 atom stereocenters. The van der Waals surface area contributed by atoms with Crippen molar-refractivity contribution in [3.8, 4) is 0 Å². The van der Waals surface area contributed by atoms with E-state index in [1.165, 1.54) is 6.92 Å². The second-order valence-corrected chi connectivity index (χ2v) is 6.92. The second kappa shape index (κ2) is 9.21. The number of carbonyl (C=O) groups excluding carboxylic acids is 4. The monoisotopic (exact) mass is 409 g/mol. The van der Waals surface area contributed by atoms with Crippen LogP contribution < -0.4 is 15.5 Å². The van der Waals surface area contributed by atoms with E-state index in [-0.39, 0.29) is 30.7 Å².